The molecule has 8 N–H and O–H groups in total. The molecule has 0 amide bonds. The van der Waals surface area contributed by atoms with E-state index in [0.717, 1.165) is 60.7 Å². The summed E-state index contributed by atoms with van der Waals surface area (Å²) in [7, 11) is -29.6. The van der Waals surface area contributed by atoms with Crippen LogP contribution in [-0.4, -0.2) is 93.8 Å². The summed E-state index contributed by atoms with van der Waals surface area (Å²) in [5.74, 6) is 0.416. The van der Waals surface area contributed by atoms with Crippen LogP contribution in [0.4, 0.5) is 96.6 Å². The largest absolute Gasteiger partial charge is 0.417 e. The lowest BCUT2D eigenvalue weighted by Gasteiger charge is -2.25. The van der Waals surface area contributed by atoms with Crippen molar-refractivity contribution in [3.05, 3.63) is 202 Å². The molecular formula is C98H137Cl2F22N7O13S7. The van der Waals surface area contributed by atoms with Crippen molar-refractivity contribution in [2.24, 2.45) is 5.14 Å². The maximum absolute atomic E-state index is 14.2. The highest BCUT2D eigenvalue weighted by Crippen LogP contribution is 2.47. The molecule has 7 aromatic carbocycles. The number of nitrogens with two attached hydrogens (primary N) is 1. The van der Waals surface area contributed by atoms with Crippen LogP contribution in [-0.2, 0) is 113 Å². The molecule has 0 bridgehead atoms. The fourth-order valence-electron chi connectivity index (χ4n) is 13.3. The molecule has 7 aromatic rings. The summed E-state index contributed by atoms with van der Waals surface area (Å²) < 4.78 is 464. The molecule has 0 spiro atoms. The van der Waals surface area contributed by atoms with Gasteiger partial charge in [-0.2, -0.15) is 92.2 Å². The van der Waals surface area contributed by atoms with E-state index < -0.39 is 230 Å². The molecule has 149 heavy (non-hydrogen) atoms. The lowest BCUT2D eigenvalue weighted by atomic mass is 9.95. The molecule has 0 aromatic heterocycles. The predicted molar refractivity (Wildman–Crippen MR) is 541 cm³/mol. The zero-order chi connectivity index (χ0) is 118. The molecule has 0 saturated heterocycles. The van der Waals surface area contributed by atoms with Gasteiger partial charge in [-0.25, -0.2) is 87.4 Å². The Morgan fingerprint density at radius 1 is 0.275 bits per heavy atom. The molecule has 0 radical (unpaired) electrons. The van der Waals surface area contributed by atoms with Crippen molar-refractivity contribution in [2.75, 3.05) is 0 Å². The van der Waals surface area contributed by atoms with E-state index in [4.69, 9.17) is 28.3 Å². The summed E-state index contributed by atoms with van der Waals surface area (Å²) in [6, 6.07) is 17.1. The van der Waals surface area contributed by atoms with Gasteiger partial charge in [0.15, 0.2) is 0 Å². The number of hydrogen-bond donors (Lipinski definition) is 7. The quantitative estimate of drug-likeness (QED) is 0.0245. The Morgan fingerprint density at radius 2 is 0.503 bits per heavy atom. The third-order valence-corrected chi connectivity index (χ3v) is 33.1. The van der Waals surface area contributed by atoms with E-state index in [1.54, 1.807) is 187 Å². The molecular weight excluding hydrogens is 2200 g/mol. The van der Waals surface area contributed by atoms with Crippen molar-refractivity contribution in [1.82, 2.24) is 28.3 Å². The summed E-state index contributed by atoms with van der Waals surface area (Å²) in [4.78, 5) is -5.82. The number of alkyl halides is 21. The van der Waals surface area contributed by atoms with Gasteiger partial charge in [-0.15, -0.1) is 0 Å². The van der Waals surface area contributed by atoms with Crippen molar-refractivity contribution in [3.8, 4) is 0 Å². The van der Waals surface area contributed by atoms with Gasteiger partial charge in [0, 0.05) is 33.2 Å². The van der Waals surface area contributed by atoms with Gasteiger partial charge in [-0.05, 0) is 314 Å². The van der Waals surface area contributed by atoms with Crippen LogP contribution in [0.5, 0.6) is 0 Å². The van der Waals surface area contributed by atoms with E-state index in [0.29, 0.717) is 51.4 Å². The van der Waals surface area contributed by atoms with E-state index in [2.05, 4.69) is 29.5 Å². The lowest BCUT2D eigenvalue weighted by molar-refractivity contribution is -0.141. The second-order valence-corrected chi connectivity index (χ2v) is 55.5. The molecule has 0 aliphatic carbocycles. The Kier molecular flexibility index (Phi) is 47.0. The van der Waals surface area contributed by atoms with Gasteiger partial charge < -0.3 is 0 Å². The van der Waals surface area contributed by atoms with Gasteiger partial charge in [-0.1, -0.05) is 145 Å². The van der Waals surface area contributed by atoms with Crippen LogP contribution in [0.1, 0.15) is 358 Å². The molecule has 0 aliphatic rings. The van der Waals surface area contributed by atoms with Crippen molar-refractivity contribution in [3.63, 3.8) is 0 Å². The normalized spacial score (nSPS) is 14.0. The number of halogens is 24. The van der Waals surface area contributed by atoms with Crippen molar-refractivity contribution >= 4 is 98.9 Å². The smallest absolute Gasteiger partial charge is 0.256 e. The average molecular weight is 2330 g/mol. The average Bonchev–Trinajstić information content (AvgIpc) is 0.767. The van der Waals surface area contributed by atoms with Crippen molar-refractivity contribution < 1.29 is 151 Å². The first-order valence-electron chi connectivity index (χ1n) is 45.5. The molecule has 1 unspecified atom stereocenters. The van der Waals surface area contributed by atoms with Gasteiger partial charge in [0.25, 0.3) is 0 Å². The van der Waals surface area contributed by atoms with Crippen LogP contribution < -0.4 is 33.5 Å². The third-order valence-electron chi connectivity index (χ3n) is 20.1. The summed E-state index contributed by atoms with van der Waals surface area (Å²) in [5.41, 5.74) is -10.5. The number of hydrogen-bond acceptors (Lipinski definition) is 13. The third kappa shape index (κ3) is 43.6. The predicted octanol–water partition coefficient (Wildman–Crippen LogP) is 28.7. The first-order chi connectivity index (χ1) is 65.6. The second kappa shape index (κ2) is 50.1. The van der Waals surface area contributed by atoms with E-state index in [-0.39, 0.29) is 57.6 Å². The molecule has 0 aliphatic heterocycles. The van der Waals surface area contributed by atoms with Gasteiger partial charge in [-0.3, -0.25) is 5.14 Å². The number of nitrogens with one attached hydrogen (secondary N) is 6. The monoisotopic (exact) mass is 2330 g/mol. The highest BCUT2D eigenvalue weighted by atomic mass is 35.5. The Hall–Kier alpha value is -6.98. The Bertz CT molecular complexity index is 6410. The van der Waals surface area contributed by atoms with Crippen LogP contribution in [0.15, 0.2) is 131 Å². The Balaban J connectivity index is 0.000000870. The topological polar surface area (TPSA) is 320 Å². The minimum atomic E-state index is -4.98. The van der Waals surface area contributed by atoms with Crippen LogP contribution >= 0.6 is 23.2 Å². The molecule has 20 nitrogen and oxygen atoms in total. The number of rotatable bonds is 22. The zero-order valence-electron chi connectivity index (χ0n) is 89.0. The lowest BCUT2D eigenvalue weighted by Crippen LogP contribution is -2.43. The number of sulfonamides is 6. The van der Waals surface area contributed by atoms with Crippen molar-refractivity contribution in [2.45, 2.75) is 394 Å². The van der Waals surface area contributed by atoms with E-state index in [1.165, 1.54) is 78.8 Å². The van der Waals surface area contributed by atoms with Gasteiger partial charge in [0.1, 0.15) is 15.6 Å². The summed E-state index contributed by atoms with van der Waals surface area (Å²) >= 11 is 11.6. The highest BCUT2D eigenvalue weighted by Gasteiger charge is 2.48. The molecule has 7 rings (SSSR count). The second-order valence-electron chi connectivity index (χ2n) is 43.0. The SMILES string of the molecule is C=S(N)(=O)c1c(Cl)cc(C(C)C)cc1C(F)(F)F.CC(C)c1cc(Cl)c(S(=O)(=O)NC(C)(C)C)c(C(F)(F)F)c1.CC(C)c1cc(F)c(S(=O)(=O)NC(C)(C)C)c(C(F)(F)F)c1.CC(C)c1ccc(S(=O)(=O)NC(C)(C)C)c(C(F)(F)F)c1.CCC(C)(C)NS(=O)(=O)c1ccc(C(C)C)cc1C(F)(F)F.Cc1cc(C(C)C)cc(C(F)(F)F)c1S(=O)(=O)NC(C)(C)C.Cc1cc(S(=O)(=O)NC(C)(C)C)c(C(F)(F)F)cc1C(C)C. The minimum absolute atomic E-state index is 0.0829. The maximum atomic E-state index is 14.2. The Morgan fingerprint density at radius 3 is 0.779 bits per heavy atom. The summed E-state index contributed by atoms with van der Waals surface area (Å²) in [6.45, 7) is 55.3. The van der Waals surface area contributed by atoms with E-state index in [1.807, 2.05) is 4.72 Å². The molecule has 51 heteroatoms. The van der Waals surface area contributed by atoms with Crippen LogP contribution in [0.25, 0.3) is 0 Å². The summed E-state index contributed by atoms with van der Waals surface area (Å²) in [5, 5.41) is 4.51. The molecule has 0 heterocycles. The van der Waals surface area contributed by atoms with Crippen LogP contribution in [0, 0.1) is 19.7 Å². The van der Waals surface area contributed by atoms with Crippen molar-refractivity contribution in [1.29, 1.82) is 0 Å². The minimum Gasteiger partial charge on any atom is -0.256 e. The summed E-state index contributed by atoms with van der Waals surface area (Å²) in [6.07, 6.45) is -33.0. The first-order valence-corrected chi connectivity index (χ1v) is 57.0. The fraction of sp³-hybridized carbons (Fsp3) is 0.561. The standard InChI is InChI=1S/3C15H22F3NO2S.C14H19ClF3NO2S.C14H19F4NO2S.C14H20F3NO2S.C11H13ClF3NOS/c1-9(2)11-8-12(15(16,17)18)13(7-10(11)3)22(20,21)19-14(4,5)6;1-9(2)11-7-10(3)13(12(8-11)15(16,17)18)22(20,21)19-14(4,5)6;1-6-14(4,5)19-22(20,21)13-8-7-11(10(2)3)9-12(13)15(16,17)18;2*1-8(2)9-6-10(14(16,17)18)12(11(15)7-9)22(20,21)19-13(3,4)5;1-9(2)10-6-7-12(11(8-10)14(15,16)17)21(19,20)18-13(3,4)5;1-6(2)7-4-8(11(13,14)15)10(9(12)5-7)18(3,16)17/h2*7-9,19H,1-6H3;7-10,19H,6H2,1-5H3;2*6-8,19H,1-5H3;6-9,18H,1-5H3;4-6H,3H2,1-2H3,(H2,16,17). The van der Waals surface area contributed by atoms with Gasteiger partial charge in [0.05, 0.1) is 83.2 Å². The van der Waals surface area contributed by atoms with Crippen LogP contribution in [0.2, 0.25) is 10.0 Å². The van der Waals surface area contributed by atoms with Gasteiger partial charge >= 0.3 is 43.2 Å². The van der Waals surface area contributed by atoms with E-state index in [9.17, 15) is 151 Å². The Labute approximate surface area is 873 Å². The first kappa shape index (κ1) is 140. The zero-order valence-corrected chi connectivity index (χ0v) is 96.2. The fourth-order valence-corrected chi connectivity index (χ4v) is 25.7. The highest BCUT2D eigenvalue weighted by molar-refractivity contribution is 7.98. The molecule has 852 valence electrons. The van der Waals surface area contributed by atoms with Gasteiger partial charge in [0.2, 0.25) is 60.1 Å². The molecule has 0 fully saturated rings. The van der Waals surface area contributed by atoms with E-state index >= 15 is 0 Å². The number of benzene rings is 7. The maximum Gasteiger partial charge on any atom is 0.417 e. The van der Waals surface area contributed by atoms with Crippen LogP contribution in [0.3, 0.4) is 0 Å². The number of aryl methyl sites for hydroxylation is 2. The molecule has 0 saturated carbocycles. The molecule has 1 atom stereocenters.